The minimum atomic E-state index is -4.72. The van der Waals surface area contributed by atoms with Crippen LogP contribution in [0.5, 0.6) is 5.75 Å². The number of aryl methyl sites for hydroxylation is 1. The first-order chi connectivity index (χ1) is 12.4. The molecule has 0 unspecified atom stereocenters. The van der Waals surface area contributed by atoms with Gasteiger partial charge < -0.3 is 9.84 Å². The van der Waals surface area contributed by atoms with Crippen molar-refractivity contribution in [1.29, 1.82) is 0 Å². The Bertz CT molecular complexity index is 826. The highest BCUT2D eigenvalue weighted by Gasteiger charge is 2.32. The third kappa shape index (κ3) is 7.56. The molecule has 27 heavy (non-hydrogen) atoms. The summed E-state index contributed by atoms with van der Waals surface area (Å²) in [6.45, 7) is 8.63. The molecule has 1 aromatic rings. The van der Waals surface area contributed by atoms with Gasteiger partial charge in [0.1, 0.15) is 5.75 Å². The Balaban J connectivity index is 3.04. The summed E-state index contributed by atoms with van der Waals surface area (Å²) < 4.78 is 41.6. The third-order valence-electron chi connectivity index (χ3n) is 3.92. The van der Waals surface area contributed by atoms with E-state index in [0.29, 0.717) is 22.3 Å². The molecule has 0 spiro atoms. The zero-order valence-electron chi connectivity index (χ0n) is 15.9. The van der Waals surface area contributed by atoms with Crippen molar-refractivity contribution in [3.05, 3.63) is 69.8 Å². The summed E-state index contributed by atoms with van der Waals surface area (Å²) in [5, 5.41) is 8.65. The van der Waals surface area contributed by atoms with Crippen LogP contribution in [0.3, 0.4) is 0 Å². The lowest BCUT2D eigenvalue weighted by atomic mass is 9.96. The Morgan fingerprint density at radius 3 is 2.26 bits per heavy atom. The molecule has 0 heterocycles. The van der Waals surface area contributed by atoms with Gasteiger partial charge in [-0.1, -0.05) is 36.0 Å². The van der Waals surface area contributed by atoms with Gasteiger partial charge in [-0.25, -0.2) is 4.79 Å². The summed E-state index contributed by atoms with van der Waals surface area (Å²) in [5.74, 6) is -1.19. The summed E-state index contributed by atoms with van der Waals surface area (Å²) in [6.07, 6.45) is 5.30. The largest absolute Gasteiger partial charge is 0.573 e. The molecule has 0 aliphatic carbocycles. The van der Waals surface area contributed by atoms with Crippen molar-refractivity contribution in [1.82, 2.24) is 0 Å². The molecule has 6 heteroatoms. The van der Waals surface area contributed by atoms with Crippen LogP contribution in [0.25, 0.3) is 6.08 Å². The van der Waals surface area contributed by atoms with E-state index in [1.807, 2.05) is 25.2 Å². The van der Waals surface area contributed by atoms with Crippen LogP contribution in [0.1, 0.15) is 36.1 Å². The fourth-order valence-electron chi connectivity index (χ4n) is 2.42. The maximum absolute atomic E-state index is 12.5. The number of carbonyl (C=O) groups is 1. The van der Waals surface area contributed by atoms with Crippen LogP contribution in [0.4, 0.5) is 13.2 Å². The van der Waals surface area contributed by atoms with Crippen LogP contribution < -0.4 is 4.74 Å². The van der Waals surface area contributed by atoms with Crippen LogP contribution >= 0.6 is 0 Å². The van der Waals surface area contributed by atoms with E-state index in [2.05, 4.69) is 4.74 Å². The van der Waals surface area contributed by atoms with E-state index in [9.17, 15) is 18.0 Å². The number of aliphatic carboxylic acids is 1. The molecular formula is C21H23F3O3. The molecule has 0 aliphatic rings. The Morgan fingerprint density at radius 2 is 1.70 bits per heavy atom. The SMILES string of the molecule is CC(C=Cc1c(C)cc(OC(F)(F)F)c(C)c1C)=CC=CC(C)=CC(=O)O. The molecule has 3 nitrogen and oxygen atoms in total. The molecule has 146 valence electrons. The van der Waals surface area contributed by atoms with Gasteiger partial charge >= 0.3 is 12.3 Å². The topological polar surface area (TPSA) is 46.5 Å². The number of ether oxygens (including phenoxy) is 1. The molecule has 0 radical (unpaired) electrons. The molecule has 0 aromatic heterocycles. The molecule has 1 N–H and O–H groups in total. The van der Waals surface area contributed by atoms with Crippen LogP contribution in [0, 0.1) is 20.8 Å². The Kier molecular flexibility index (Phi) is 7.64. The molecule has 0 bridgehead atoms. The molecular weight excluding hydrogens is 357 g/mol. The van der Waals surface area contributed by atoms with Crippen molar-refractivity contribution in [3.8, 4) is 5.75 Å². The second-order valence-corrected chi connectivity index (χ2v) is 6.23. The minimum absolute atomic E-state index is 0.189. The van der Waals surface area contributed by atoms with Gasteiger partial charge in [0.25, 0.3) is 0 Å². The van der Waals surface area contributed by atoms with Gasteiger partial charge in [-0.2, -0.15) is 0 Å². The average Bonchev–Trinajstić information content (AvgIpc) is 2.50. The van der Waals surface area contributed by atoms with Crippen LogP contribution in [-0.2, 0) is 4.79 Å². The number of carboxylic acids is 1. The van der Waals surface area contributed by atoms with Gasteiger partial charge in [0.05, 0.1) is 0 Å². The fraction of sp³-hybridized carbons (Fsp3) is 0.286. The Morgan fingerprint density at radius 1 is 1.07 bits per heavy atom. The highest BCUT2D eigenvalue weighted by atomic mass is 19.4. The standard InChI is InChI=1S/C21H23F3O3/c1-13(7-6-8-14(2)11-20(25)26)9-10-18-15(3)12-19(17(5)16(18)4)27-21(22,23)24/h6-12H,1-5H3,(H,25,26). The normalized spacial score (nSPS) is 13.6. The van der Waals surface area contributed by atoms with Crippen LogP contribution in [0.2, 0.25) is 0 Å². The van der Waals surface area contributed by atoms with Gasteiger partial charge in [-0.3, -0.25) is 0 Å². The summed E-state index contributed by atoms with van der Waals surface area (Å²) in [7, 11) is 0. The molecule has 1 aromatic carbocycles. The molecule has 0 saturated carbocycles. The van der Waals surface area contributed by atoms with Crippen molar-refractivity contribution >= 4 is 12.0 Å². The number of hydrogen-bond acceptors (Lipinski definition) is 2. The first-order valence-corrected chi connectivity index (χ1v) is 8.21. The van der Waals surface area contributed by atoms with Crippen molar-refractivity contribution in [2.45, 2.75) is 41.0 Å². The van der Waals surface area contributed by atoms with Crippen LogP contribution in [-0.4, -0.2) is 17.4 Å². The van der Waals surface area contributed by atoms with E-state index in [4.69, 9.17) is 5.11 Å². The summed E-state index contributed by atoms with van der Waals surface area (Å²) in [6, 6.07) is 1.38. The Labute approximate surface area is 157 Å². The van der Waals surface area contributed by atoms with E-state index >= 15 is 0 Å². The fourth-order valence-corrected chi connectivity index (χ4v) is 2.42. The van der Waals surface area contributed by atoms with Gasteiger partial charge in [0.2, 0.25) is 0 Å². The second-order valence-electron chi connectivity index (χ2n) is 6.23. The van der Waals surface area contributed by atoms with Crippen LogP contribution in [0.15, 0.2) is 47.6 Å². The number of alkyl halides is 3. The van der Waals surface area contributed by atoms with E-state index < -0.39 is 12.3 Å². The average molecular weight is 380 g/mol. The zero-order chi connectivity index (χ0) is 20.8. The lowest BCUT2D eigenvalue weighted by Crippen LogP contribution is -2.18. The molecule has 0 fully saturated rings. The number of halogens is 3. The van der Waals surface area contributed by atoms with E-state index in [0.717, 1.165) is 17.2 Å². The monoisotopic (exact) mass is 380 g/mol. The zero-order valence-corrected chi connectivity index (χ0v) is 15.9. The minimum Gasteiger partial charge on any atom is -0.478 e. The van der Waals surface area contributed by atoms with Gasteiger partial charge in [-0.15, -0.1) is 13.2 Å². The number of rotatable bonds is 6. The first-order valence-electron chi connectivity index (χ1n) is 8.21. The lowest BCUT2D eigenvalue weighted by Gasteiger charge is -2.16. The van der Waals surface area contributed by atoms with Gasteiger partial charge in [-0.05, 0) is 68.5 Å². The highest BCUT2D eigenvalue weighted by molar-refractivity contribution is 5.81. The van der Waals surface area contributed by atoms with E-state index in [-0.39, 0.29) is 5.75 Å². The van der Waals surface area contributed by atoms with E-state index in [1.165, 1.54) is 6.07 Å². The van der Waals surface area contributed by atoms with Gasteiger partial charge in [0.15, 0.2) is 0 Å². The molecule has 0 aliphatic heterocycles. The number of allylic oxidation sites excluding steroid dienone is 6. The first kappa shape index (κ1) is 22.3. The number of hydrogen-bond donors (Lipinski definition) is 1. The predicted molar refractivity (Wildman–Crippen MR) is 101 cm³/mol. The summed E-state index contributed by atoms with van der Waals surface area (Å²) in [4.78, 5) is 10.5. The molecule has 1 rings (SSSR count). The maximum Gasteiger partial charge on any atom is 0.573 e. The van der Waals surface area contributed by atoms with E-state index in [1.54, 1.807) is 39.8 Å². The number of benzene rings is 1. The van der Waals surface area contributed by atoms with Crippen molar-refractivity contribution < 1.29 is 27.8 Å². The number of carboxylic acid groups (broad SMARTS) is 1. The highest BCUT2D eigenvalue weighted by Crippen LogP contribution is 2.32. The third-order valence-corrected chi connectivity index (χ3v) is 3.92. The quantitative estimate of drug-likeness (QED) is 0.482. The molecule has 0 amide bonds. The lowest BCUT2D eigenvalue weighted by molar-refractivity contribution is -0.274. The maximum atomic E-state index is 12.5. The smallest absolute Gasteiger partial charge is 0.478 e. The Hall–Kier alpha value is -2.76. The molecule has 0 atom stereocenters. The predicted octanol–water partition coefficient (Wildman–Crippen LogP) is 6.06. The molecule has 0 saturated heterocycles. The summed E-state index contributed by atoms with van der Waals surface area (Å²) >= 11 is 0. The summed E-state index contributed by atoms with van der Waals surface area (Å²) in [5.41, 5.74) is 4.18. The van der Waals surface area contributed by atoms with Gasteiger partial charge in [0, 0.05) is 6.08 Å². The second kappa shape index (κ2) is 9.26. The van der Waals surface area contributed by atoms with Crippen molar-refractivity contribution in [2.75, 3.05) is 0 Å². The van der Waals surface area contributed by atoms with Crippen molar-refractivity contribution in [3.63, 3.8) is 0 Å². The van der Waals surface area contributed by atoms with Crippen molar-refractivity contribution in [2.24, 2.45) is 0 Å².